The summed E-state index contributed by atoms with van der Waals surface area (Å²) in [5, 5.41) is 13.5. The Labute approximate surface area is 116 Å². The SMILES string of the molecule is CC(C)c1ccc(OCC(C)(O)CNC2CC2)cc1. The lowest BCUT2D eigenvalue weighted by Crippen LogP contribution is -2.43. The molecule has 1 aromatic rings. The molecule has 1 aromatic carbocycles. The maximum atomic E-state index is 10.2. The second kappa shape index (κ2) is 5.93. The van der Waals surface area contributed by atoms with Crippen LogP contribution < -0.4 is 10.1 Å². The second-order valence-electron chi connectivity index (χ2n) is 6.16. The van der Waals surface area contributed by atoms with Gasteiger partial charge in [0.1, 0.15) is 18.0 Å². The fourth-order valence-electron chi connectivity index (χ4n) is 1.89. The Morgan fingerprint density at radius 3 is 2.47 bits per heavy atom. The monoisotopic (exact) mass is 263 g/mol. The van der Waals surface area contributed by atoms with Crippen LogP contribution in [0.5, 0.6) is 5.75 Å². The number of benzene rings is 1. The predicted molar refractivity (Wildman–Crippen MR) is 77.7 cm³/mol. The highest BCUT2D eigenvalue weighted by Gasteiger charge is 2.27. The zero-order valence-electron chi connectivity index (χ0n) is 12.1. The minimum atomic E-state index is -0.820. The number of nitrogens with one attached hydrogen (secondary N) is 1. The molecule has 1 unspecified atom stereocenters. The summed E-state index contributed by atoms with van der Waals surface area (Å²) in [6, 6.07) is 8.71. The molecule has 19 heavy (non-hydrogen) atoms. The molecule has 0 radical (unpaired) electrons. The molecule has 3 heteroatoms. The first kappa shape index (κ1) is 14.4. The highest BCUT2D eigenvalue weighted by Crippen LogP contribution is 2.21. The summed E-state index contributed by atoms with van der Waals surface area (Å²) in [5.41, 5.74) is 0.480. The predicted octanol–water partition coefficient (Wildman–Crippen LogP) is 2.69. The smallest absolute Gasteiger partial charge is 0.119 e. The normalized spacial score (nSPS) is 18.4. The van der Waals surface area contributed by atoms with Crippen LogP contribution in [-0.4, -0.2) is 29.9 Å². The average Bonchev–Trinajstić information content (AvgIpc) is 3.19. The van der Waals surface area contributed by atoms with Crippen molar-refractivity contribution in [2.24, 2.45) is 0 Å². The highest BCUT2D eigenvalue weighted by atomic mass is 16.5. The molecule has 1 aliphatic rings. The van der Waals surface area contributed by atoms with Crippen molar-refractivity contribution in [3.05, 3.63) is 29.8 Å². The average molecular weight is 263 g/mol. The van der Waals surface area contributed by atoms with Gasteiger partial charge in [-0.15, -0.1) is 0 Å². The Hall–Kier alpha value is -1.06. The molecule has 0 heterocycles. The van der Waals surface area contributed by atoms with Gasteiger partial charge in [0, 0.05) is 12.6 Å². The van der Waals surface area contributed by atoms with Gasteiger partial charge in [0.05, 0.1) is 0 Å². The molecule has 106 valence electrons. The minimum Gasteiger partial charge on any atom is -0.491 e. The van der Waals surface area contributed by atoms with Gasteiger partial charge in [-0.05, 0) is 43.4 Å². The summed E-state index contributed by atoms with van der Waals surface area (Å²) in [6.45, 7) is 7.05. The van der Waals surface area contributed by atoms with Crippen LogP contribution in [0.25, 0.3) is 0 Å². The van der Waals surface area contributed by atoms with E-state index in [-0.39, 0.29) is 0 Å². The lowest BCUT2D eigenvalue weighted by molar-refractivity contribution is 0.0120. The van der Waals surface area contributed by atoms with Crippen LogP contribution in [0, 0.1) is 0 Å². The van der Waals surface area contributed by atoms with Gasteiger partial charge < -0.3 is 15.2 Å². The van der Waals surface area contributed by atoms with Crippen molar-refractivity contribution >= 4 is 0 Å². The van der Waals surface area contributed by atoms with Crippen molar-refractivity contribution in [2.45, 2.75) is 51.2 Å². The van der Waals surface area contributed by atoms with Gasteiger partial charge in [-0.25, -0.2) is 0 Å². The van der Waals surface area contributed by atoms with Crippen LogP contribution in [0.1, 0.15) is 45.1 Å². The van der Waals surface area contributed by atoms with E-state index < -0.39 is 5.60 Å². The van der Waals surface area contributed by atoms with E-state index in [0.717, 1.165) is 5.75 Å². The maximum absolute atomic E-state index is 10.2. The summed E-state index contributed by atoms with van der Waals surface area (Å²) in [7, 11) is 0. The zero-order valence-corrected chi connectivity index (χ0v) is 12.1. The quantitative estimate of drug-likeness (QED) is 0.794. The summed E-state index contributed by atoms with van der Waals surface area (Å²) >= 11 is 0. The molecule has 1 atom stereocenters. The third-order valence-corrected chi connectivity index (χ3v) is 3.45. The molecule has 0 saturated heterocycles. The largest absolute Gasteiger partial charge is 0.491 e. The fraction of sp³-hybridized carbons (Fsp3) is 0.625. The van der Waals surface area contributed by atoms with Crippen molar-refractivity contribution in [2.75, 3.05) is 13.2 Å². The Morgan fingerprint density at radius 1 is 1.32 bits per heavy atom. The molecule has 1 aliphatic carbocycles. The van der Waals surface area contributed by atoms with E-state index in [0.29, 0.717) is 25.1 Å². The second-order valence-corrected chi connectivity index (χ2v) is 6.16. The van der Waals surface area contributed by atoms with Gasteiger partial charge in [-0.2, -0.15) is 0 Å². The van der Waals surface area contributed by atoms with E-state index in [2.05, 4.69) is 31.3 Å². The summed E-state index contributed by atoms with van der Waals surface area (Å²) < 4.78 is 5.67. The van der Waals surface area contributed by atoms with Gasteiger partial charge in [-0.1, -0.05) is 26.0 Å². The van der Waals surface area contributed by atoms with Gasteiger partial charge in [0.25, 0.3) is 0 Å². The molecular formula is C16H25NO2. The Bertz CT molecular complexity index is 394. The van der Waals surface area contributed by atoms with Crippen molar-refractivity contribution in [3.8, 4) is 5.75 Å². The van der Waals surface area contributed by atoms with Gasteiger partial charge in [0.15, 0.2) is 0 Å². The summed E-state index contributed by atoms with van der Waals surface area (Å²) in [4.78, 5) is 0. The number of hydrogen-bond acceptors (Lipinski definition) is 3. The van der Waals surface area contributed by atoms with Gasteiger partial charge in [-0.3, -0.25) is 0 Å². The molecule has 0 amide bonds. The standard InChI is InChI=1S/C16H25NO2/c1-12(2)13-4-8-15(9-5-13)19-11-16(3,18)10-17-14-6-7-14/h4-5,8-9,12,14,17-18H,6-7,10-11H2,1-3H3. The van der Waals surface area contributed by atoms with E-state index >= 15 is 0 Å². The van der Waals surface area contributed by atoms with Crippen LogP contribution >= 0.6 is 0 Å². The number of ether oxygens (including phenoxy) is 1. The molecule has 0 bridgehead atoms. The highest BCUT2D eigenvalue weighted by molar-refractivity contribution is 5.28. The lowest BCUT2D eigenvalue weighted by atomic mass is 10.0. The van der Waals surface area contributed by atoms with Crippen molar-refractivity contribution in [3.63, 3.8) is 0 Å². The molecule has 0 aromatic heterocycles. The van der Waals surface area contributed by atoms with Crippen molar-refractivity contribution < 1.29 is 9.84 Å². The molecule has 3 nitrogen and oxygen atoms in total. The third kappa shape index (κ3) is 4.84. The van der Waals surface area contributed by atoms with Gasteiger partial charge >= 0.3 is 0 Å². The minimum absolute atomic E-state index is 0.313. The zero-order chi connectivity index (χ0) is 13.9. The van der Waals surface area contributed by atoms with Crippen LogP contribution in [0.3, 0.4) is 0 Å². The van der Waals surface area contributed by atoms with E-state index in [9.17, 15) is 5.11 Å². The van der Waals surface area contributed by atoms with Crippen LogP contribution in [0.4, 0.5) is 0 Å². The van der Waals surface area contributed by atoms with Crippen LogP contribution in [-0.2, 0) is 0 Å². The molecule has 2 N–H and O–H groups in total. The van der Waals surface area contributed by atoms with Crippen molar-refractivity contribution in [1.82, 2.24) is 5.32 Å². The number of aliphatic hydroxyl groups is 1. The Balaban J connectivity index is 1.79. The first-order valence-corrected chi connectivity index (χ1v) is 7.15. The first-order valence-electron chi connectivity index (χ1n) is 7.15. The molecule has 0 spiro atoms. The number of hydrogen-bond donors (Lipinski definition) is 2. The number of rotatable bonds is 7. The molecular weight excluding hydrogens is 238 g/mol. The fourth-order valence-corrected chi connectivity index (χ4v) is 1.89. The third-order valence-electron chi connectivity index (χ3n) is 3.45. The van der Waals surface area contributed by atoms with Crippen LogP contribution in [0.15, 0.2) is 24.3 Å². The molecule has 1 fully saturated rings. The van der Waals surface area contributed by atoms with E-state index in [4.69, 9.17) is 4.74 Å². The topological polar surface area (TPSA) is 41.5 Å². The Morgan fingerprint density at radius 2 is 1.95 bits per heavy atom. The van der Waals surface area contributed by atoms with E-state index in [1.807, 2.05) is 19.1 Å². The lowest BCUT2D eigenvalue weighted by Gasteiger charge is -2.24. The maximum Gasteiger partial charge on any atom is 0.119 e. The van der Waals surface area contributed by atoms with Crippen LogP contribution in [0.2, 0.25) is 0 Å². The molecule has 1 saturated carbocycles. The van der Waals surface area contributed by atoms with Crippen molar-refractivity contribution in [1.29, 1.82) is 0 Å². The van der Waals surface area contributed by atoms with E-state index in [1.54, 1.807) is 0 Å². The molecule has 0 aliphatic heterocycles. The van der Waals surface area contributed by atoms with Gasteiger partial charge in [0.2, 0.25) is 0 Å². The first-order chi connectivity index (χ1) is 8.96. The summed E-state index contributed by atoms with van der Waals surface area (Å²) in [6.07, 6.45) is 2.46. The molecule has 2 rings (SSSR count). The van der Waals surface area contributed by atoms with E-state index in [1.165, 1.54) is 18.4 Å². The summed E-state index contributed by atoms with van der Waals surface area (Å²) in [5.74, 6) is 1.34. The Kier molecular flexibility index (Phi) is 4.48.